The maximum Gasteiger partial charge on any atom is 0.315 e. The molecule has 0 radical (unpaired) electrons. The van der Waals surface area contributed by atoms with Gasteiger partial charge in [0, 0.05) is 17.2 Å². The molecule has 0 aliphatic carbocycles. The molecule has 0 aliphatic rings. The van der Waals surface area contributed by atoms with Crippen molar-refractivity contribution in [3.8, 4) is 0 Å². The van der Waals surface area contributed by atoms with Gasteiger partial charge in [-0.25, -0.2) is 0 Å². The number of benzene rings is 1. The molecule has 0 N–H and O–H groups in total. The normalized spacial score (nSPS) is 9.82. The topological polar surface area (TPSA) is 46.6 Å². The molecule has 0 atom stereocenters. The lowest BCUT2D eigenvalue weighted by molar-refractivity contribution is -0.145. The summed E-state index contributed by atoms with van der Waals surface area (Å²) in [7, 11) is 1.63. The lowest BCUT2D eigenvalue weighted by Gasteiger charge is -2.16. The van der Waals surface area contributed by atoms with Gasteiger partial charge in [-0.15, -0.1) is 0 Å². The van der Waals surface area contributed by atoms with Crippen molar-refractivity contribution in [2.75, 3.05) is 18.6 Å². The van der Waals surface area contributed by atoms with Crippen molar-refractivity contribution in [1.29, 1.82) is 0 Å². The Bertz CT molecular complexity index is 403. The van der Waals surface area contributed by atoms with Crippen molar-refractivity contribution in [3.63, 3.8) is 0 Å². The first-order chi connectivity index (χ1) is 8.04. The molecule has 0 aliphatic heterocycles. The first kappa shape index (κ1) is 13.7. The lowest BCUT2D eigenvalue weighted by atomic mass is 10.3. The van der Waals surface area contributed by atoms with Gasteiger partial charge in [0.25, 0.3) is 0 Å². The molecule has 0 unspecified atom stereocenters. The van der Waals surface area contributed by atoms with Crippen molar-refractivity contribution in [2.45, 2.75) is 13.3 Å². The van der Waals surface area contributed by atoms with E-state index in [9.17, 15) is 9.59 Å². The van der Waals surface area contributed by atoms with E-state index in [4.69, 9.17) is 4.74 Å². The number of rotatable bonds is 4. The summed E-state index contributed by atoms with van der Waals surface area (Å²) in [5.41, 5.74) is 0.738. The van der Waals surface area contributed by atoms with Crippen LogP contribution in [0.3, 0.4) is 0 Å². The molecule has 0 saturated carbocycles. The molecule has 0 fully saturated rings. The van der Waals surface area contributed by atoms with Crippen LogP contribution < -0.4 is 4.90 Å². The van der Waals surface area contributed by atoms with E-state index in [1.807, 2.05) is 12.1 Å². The SMILES string of the molecule is CCOC(=O)CC(=O)N(C)c1ccc(Br)cc1. The van der Waals surface area contributed by atoms with E-state index in [1.165, 1.54) is 4.90 Å². The summed E-state index contributed by atoms with van der Waals surface area (Å²) in [5.74, 6) is -0.785. The molecule has 1 aromatic carbocycles. The first-order valence-corrected chi connectivity index (χ1v) is 6.01. The smallest absolute Gasteiger partial charge is 0.315 e. The Morgan fingerprint density at radius 3 is 2.41 bits per heavy atom. The van der Waals surface area contributed by atoms with E-state index in [0.29, 0.717) is 0 Å². The van der Waals surface area contributed by atoms with Gasteiger partial charge < -0.3 is 9.64 Å². The van der Waals surface area contributed by atoms with Gasteiger partial charge in [-0.3, -0.25) is 9.59 Å². The molecule has 0 aromatic heterocycles. The van der Waals surface area contributed by atoms with Gasteiger partial charge in [0.15, 0.2) is 0 Å². The van der Waals surface area contributed by atoms with Crippen LogP contribution in [0.2, 0.25) is 0 Å². The first-order valence-electron chi connectivity index (χ1n) is 5.22. The third kappa shape index (κ3) is 4.19. The number of carbonyl (C=O) groups excluding carboxylic acids is 2. The second kappa shape index (κ2) is 6.39. The Morgan fingerprint density at radius 2 is 1.88 bits per heavy atom. The summed E-state index contributed by atoms with van der Waals surface area (Å²) >= 11 is 3.31. The summed E-state index contributed by atoms with van der Waals surface area (Å²) in [6, 6.07) is 7.27. The number of ether oxygens (including phenoxy) is 1. The second-order valence-corrected chi connectivity index (χ2v) is 4.33. The highest BCUT2D eigenvalue weighted by atomic mass is 79.9. The third-order valence-corrected chi connectivity index (χ3v) is 2.72. The molecule has 92 valence electrons. The maximum absolute atomic E-state index is 11.7. The van der Waals surface area contributed by atoms with Crippen molar-refractivity contribution >= 4 is 33.5 Å². The highest BCUT2D eigenvalue weighted by Crippen LogP contribution is 2.17. The average molecular weight is 300 g/mol. The predicted octanol–water partition coefficient (Wildman–Crippen LogP) is 2.37. The predicted molar refractivity (Wildman–Crippen MR) is 68.8 cm³/mol. The van der Waals surface area contributed by atoms with Crippen molar-refractivity contribution < 1.29 is 14.3 Å². The van der Waals surface area contributed by atoms with Crippen molar-refractivity contribution in [2.24, 2.45) is 0 Å². The van der Waals surface area contributed by atoms with Gasteiger partial charge >= 0.3 is 5.97 Å². The Morgan fingerprint density at radius 1 is 1.29 bits per heavy atom. The quantitative estimate of drug-likeness (QED) is 0.633. The van der Waals surface area contributed by atoms with E-state index in [0.717, 1.165) is 10.2 Å². The third-order valence-electron chi connectivity index (χ3n) is 2.19. The van der Waals surface area contributed by atoms with E-state index >= 15 is 0 Å². The highest BCUT2D eigenvalue weighted by molar-refractivity contribution is 9.10. The molecule has 0 heterocycles. The van der Waals surface area contributed by atoms with E-state index < -0.39 is 5.97 Å². The minimum absolute atomic E-state index is 0.236. The number of anilines is 1. The summed E-state index contributed by atoms with van der Waals surface area (Å²) in [4.78, 5) is 24.3. The standard InChI is InChI=1S/C12H14BrNO3/c1-3-17-12(16)8-11(15)14(2)10-6-4-9(13)5-7-10/h4-7H,3,8H2,1-2H3. The van der Waals surface area contributed by atoms with Crippen LogP contribution in [0.5, 0.6) is 0 Å². The van der Waals surface area contributed by atoms with Crippen LogP contribution in [0.25, 0.3) is 0 Å². The fourth-order valence-electron chi connectivity index (χ4n) is 1.26. The number of hydrogen-bond acceptors (Lipinski definition) is 3. The molecular formula is C12H14BrNO3. The van der Waals surface area contributed by atoms with E-state index in [-0.39, 0.29) is 18.9 Å². The maximum atomic E-state index is 11.7. The molecule has 1 rings (SSSR count). The minimum atomic E-state index is -0.499. The van der Waals surface area contributed by atoms with Gasteiger partial charge in [0.05, 0.1) is 6.61 Å². The number of halogens is 1. The molecule has 17 heavy (non-hydrogen) atoms. The van der Waals surface area contributed by atoms with Crippen LogP contribution in [-0.2, 0) is 14.3 Å². The van der Waals surface area contributed by atoms with Crippen LogP contribution in [-0.4, -0.2) is 25.5 Å². The summed E-state index contributed by atoms with van der Waals surface area (Å²) < 4.78 is 5.66. The Kier molecular flexibility index (Phi) is 5.15. The van der Waals surface area contributed by atoms with Crippen LogP contribution in [0.1, 0.15) is 13.3 Å². The van der Waals surface area contributed by atoms with Crippen LogP contribution in [0, 0.1) is 0 Å². The van der Waals surface area contributed by atoms with E-state index in [2.05, 4.69) is 15.9 Å². The molecule has 1 aromatic rings. The van der Waals surface area contributed by atoms with Crippen molar-refractivity contribution in [3.05, 3.63) is 28.7 Å². The molecule has 0 spiro atoms. The average Bonchev–Trinajstić information content (AvgIpc) is 2.29. The number of esters is 1. The lowest BCUT2D eigenvalue weighted by Crippen LogP contribution is -2.28. The number of amides is 1. The molecule has 0 bridgehead atoms. The van der Waals surface area contributed by atoms with Crippen LogP contribution >= 0.6 is 15.9 Å². The molecular weight excluding hydrogens is 286 g/mol. The zero-order valence-corrected chi connectivity index (χ0v) is 11.4. The van der Waals surface area contributed by atoms with Gasteiger partial charge in [-0.05, 0) is 31.2 Å². The summed E-state index contributed by atoms with van der Waals surface area (Å²) in [6.45, 7) is 1.99. The number of nitrogens with zero attached hydrogens (tertiary/aromatic N) is 1. The van der Waals surface area contributed by atoms with Gasteiger partial charge in [-0.1, -0.05) is 15.9 Å². The van der Waals surface area contributed by atoms with Gasteiger partial charge in [-0.2, -0.15) is 0 Å². The number of hydrogen-bond donors (Lipinski definition) is 0. The minimum Gasteiger partial charge on any atom is -0.466 e. The second-order valence-electron chi connectivity index (χ2n) is 3.41. The molecule has 1 amide bonds. The monoisotopic (exact) mass is 299 g/mol. The number of carbonyl (C=O) groups is 2. The fourth-order valence-corrected chi connectivity index (χ4v) is 1.53. The van der Waals surface area contributed by atoms with Crippen LogP contribution in [0.4, 0.5) is 5.69 Å². The van der Waals surface area contributed by atoms with Gasteiger partial charge in [0.1, 0.15) is 6.42 Å². The zero-order chi connectivity index (χ0) is 12.8. The van der Waals surface area contributed by atoms with Gasteiger partial charge in [0.2, 0.25) is 5.91 Å². The molecule has 4 nitrogen and oxygen atoms in total. The Labute approximate surface area is 109 Å². The zero-order valence-electron chi connectivity index (χ0n) is 9.77. The summed E-state index contributed by atoms with van der Waals surface area (Å²) in [6.07, 6.45) is -0.236. The highest BCUT2D eigenvalue weighted by Gasteiger charge is 2.15. The Balaban J connectivity index is 2.63. The molecule has 5 heteroatoms. The molecule has 0 saturated heterocycles. The van der Waals surface area contributed by atoms with Crippen LogP contribution in [0.15, 0.2) is 28.7 Å². The summed E-state index contributed by atoms with van der Waals surface area (Å²) in [5, 5.41) is 0. The van der Waals surface area contributed by atoms with E-state index in [1.54, 1.807) is 26.1 Å². The Hall–Kier alpha value is -1.36. The van der Waals surface area contributed by atoms with Crippen molar-refractivity contribution in [1.82, 2.24) is 0 Å². The largest absolute Gasteiger partial charge is 0.466 e. The fraction of sp³-hybridized carbons (Fsp3) is 0.333.